The number of ether oxygens (including phenoxy) is 6. The van der Waals surface area contributed by atoms with E-state index in [4.69, 9.17) is 34.2 Å². The molecule has 0 aliphatic carbocycles. The molecule has 2 aromatic rings. The number of para-hydroxylation sites is 1. The summed E-state index contributed by atoms with van der Waals surface area (Å²) < 4.78 is 31.5. The monoisotopic (exact) mass is 1430 g/mol. The van der Waals surface area contributed by atoms with E-state index in [1.54, 1.807) is 6.20 Å². The lowest BCUT2D eigenvalue weighted by Crippen LogP contribution is -2.62. The number of ketones is 1. The number of Topliss-reactive ketones (excluding diaryl/α,β-unsaturated/α-hetero) is 1. The molecule has 34 heteroatoms. The first-order valence-corrected chi connectivity index (χ1v) is 33.6. The van der Waals surface area contributed by atoms with Crippen LogP contribution in [0.1, 0.15) is 110 Å². The van der Waals surface area contributed by atoms with Gasteiger partial charge in [0.15, 0.2) is 31.1 Å². The Balaban J connectivity index is 0.000000557. The van der Waals surface area contributed by atoms with Crippen molar-refractivity contribution in [2.24, 2.45) is 11.7 Å². The zero-order chi connectivity index (χ0) is 74.9. The second kappa shape index (κ2) is 45.8. The summed E-state index contributed by atoms with van der Waals surface area (Å²) in [6.07, 6.45) is -18.7. The molecule has 4 rings (SSSR count). The minimum absolute atomic E-state index is 0.0139. The van der Waals surface area contributed by atoms with Gasteiger partial charge in [-0.15, -0.1) is 0 Å². The number of carbonyl (C=O) groups is 7. The molecule has 3 heterocycles. The summed E-state index contributed by atoms with van der Waals surface area (Å²) in [5.41, 5.74) is 8.30. The second-order valence-electron chi connectivity index (χ2n) is 24.9. The number of hydrogen-bond donors (Lipinski definition) is 20. The molecular weight excluding hydrogens is 1320 g/mol. The molecule has 0 spiro atoms. The van der Waals surface area contributed by atoms with Gasteiger partial charge in [-0.3, -0.25) is 28.8 Å². The number of aromatic nitrogens is 1. The fraction of sp³-hybridized carbons (Fsp3) is 0.712. The number of rotatable bonds is 45. The number of amides is 4. The lowest BCUT2D eigenvalue weighted by molar-refractivity contribution is -0.326. The highest BCUT2D eigenvalue weighted by molar-refractivity contribution is 5.93. The first-order chi connectivity index (χ1) is 47.4. The lowest BCUT2D eigenvalue weighted by Gasteiger charge is -2.42. The van der Waals surface area contributed by atoms with E-state index in [-0.39, 0.29) is 38.2 Å². The van der Waals surface area contributed by atoms with Crippen molar-refractivity contribution in [3.8, 4) is 0 Å². The third kappa shape index (κ3) is 27.6. The molecule has 2 fully saturated rings. The number of nitrogens with one attached hydrogen (secondary N) is 4. The number of carbonyl (C=O) groups excluding carboxylic acids is 7. The average Bonchev–Trinajstić information content (AvgIpc) is 0.946. The Morgan fingerprint density at radius 2 is 1.16 bits per heavy atom. The Morgan fingerprint density at radius 3 is 1.69 bits per heavy atom. The van der Waals surface area contributed by atoms with Gasteiger partial charge in [-0.2, -0.15) is 0 Å². The zero-order valence-electron chi connectivity index (χ0n) is 57.2. The summed E-state index contributed by atoms with van der Waals surface area (Å²) in [7, 11) is 0. The topological polar surface area (TPSA) is 559 Å². The summed E-state index contributed by atoms with van der Waals surface area (Å²) in [5, 5.41) is 159. The van der Waals surface area contributed by atoms with Gasteiger partial charge in [0.25, 0.3) is 11.8 Å². The van der Waals surface area contributed by atoms with Crippen molar-refractivity contribution < 1.29 is 139 Å². The van der Waals surface area contributed by atoms with E-state index in [1.165, 1.54) is 11.8 Å². The normalized spacial score (nSPS) is 23.7. The largest absolute Gasteiger partial charge is 0.460 e. The highest BCUT2D eigenvalue weighted by Gasteiger charge is 2.49. The first-order valence-electron chi connectivity index (χ1n) is 33.6. The molecule has 20 atom stereocenters. The van der Waals surface area contributed by atoms with Crippen molar-refractivity contribution in [1.82, 2.24) is 25.8 Å². The van der Waals surface area contributed by atoms with E-state index >= 15 is 0 Å². The van der Waals surface area contributed by atoms with Crippen LogP contribution in [-0.2, 0) is 68.4 Å². The summed E-state index contributed by atoms with van der Waals surface area (Å²) >= 11 is 0. The molecule has 0 bridgehead atoms. The Morgan fingerprint density at radius 1 is 0.650 bits per heavy atom. The molecule has 570 valence electrons. The van der Waals surface area contributed by atoms with Gasteiger partial charge in [-0.05, 0) is 44.2 Å². The summed E-state index contributed by atoms with van der Waals surface area (Å²) in [6.45, 7) is 9.20. The minimum atomic E-state index is -2.39. The average molecular weight is 1430 g/mol. The summed E-state index contributed by atoms with van der Waals surface area (Å²) in [5.74, 6) is -6.75. The van der Waals surface area contributed by atoms with Crippen molar-refractivity contribution in [3.05, 3.63) is 60.3 Å². The number of esters is 2. The molecule has 13 unspecified atom stereocenters. The Labute approximate surface area is 580 Å². The molecule has 1 aromatic heterocycles. The number of aliphatic hydroxyl groups excluding tert-OH is 15. The van der Waals surface area contributed by atoms with E-state index in [9.17, 15) is 110 Å². The van der Waals surface area contributed by atoms with Gasteiger partial charge in [0, 0.05) is 66.8 Å². The molecule has 0 saturated carbocycles. The van der Waals surface area contributed by atoms with E-state index in [0.717, 1.165) is 87.6 Å². The number of benzene rings is 1. The molecule has 2 saturated heterocycles. The fourth-order valence-electron chi connectivity index (χ4n) is 10.7. The molecule has 21 N–H and O–H groups in total. The maximum absolute atomic E-state index is 13.5. The van der Waals surface area contributed by atoms with Crippen molar-refractivity contribution in [2.75, 3.05) is 65.8 Å². The number of unbranched alkanes of at least 4 members (excludes halogenated alkanes) is 8. The quantitative estimate of drug-likeness (QED) is 0.0168. The van der Waals surface area contributed by atoms with Crippen molar-refractivity contribution in [3.63, 3.8) is 0 Å². The van der Waals surface area contributed by atoms with Crippen LogP contribution < -0.4 is 21.7 Å². The highest BCUT2D eigenvalue weighted by Crippen LogP contribution is 2.29. The number of fused-ring (bicyclic) bond motifs is 1. The number of hydrogen-bond acceptors (Lipinski definition) is 29. The van der Waals surface area contributed by atoms with Crippen LogP contribution in [0.3, 0.4) is 0 Å². The van der Waals surface area contributed by atoms with Crippen LogP contribution in [0.25, 0.3) is 10.9 Å². The third-order valence-electron chi connectivity index (χ3n) is 17.0. The number of nitrogens with two attached hydrogens (primary N) is 1. The summed E-state index contributed by atoms with van der Waals surface area (Å²) in [4.78, 5) is 93.2. The Hall–Kier alpha value is -6.07. The minimum Gasteiger partial charge on any atom is -0.460 e. The third-order valence-corrected chi connectivity index (χ3v) is 17.0. The van der Waals surface area contributed by atoms with Crippen LogP contribution >= 0.6 is 0 Å². The van der Waals surface area contributed by atoms with E-state index < -0.39 is 203 Å². The van der Waals surface area contributed by atoms with Gasteiger partial charge in [-0.1, -0.05) is 103 Å². The molecule has 0 radical (unpaired) electrons. The molecule has 34 nitrogen and oxygen atoms in total. The van der Waals surface area contributed by atoms with Crippen LogP contribution in [0, 0.1) is 5.92 Å². The molecular formula is C66H108N6O28. The molecule has 4 amide bonds. The second-order valence-corrected chi connectivity index (χ2v) is 24.9. The van der Waals surface area contributed by atoms with Gasteiger partial charge in [-0.25, -0.2) is 4.79 Å². The zero-order valence-corrected chi connectivity index (χ0v) is 57.2. The van der Waals surface area contributed by atoms with E-state index in [1.807, 2.05) is 24.3 Å². The molecule has 100 heavy (non-hydrogen) atoms. The molecule has 2 aliphatic heterocycles. The number of nitrogens with zero attached hydrogens (tertiary/aromatic N) is 1. The van der Waals surface area contributed by atoms with E-state index in [2.05, 4.69) is 47.9 Å². The number of aliphatic hydroxyl groups is 15. The molecule has 2 aliphatic rings. The van der Waals surface area contributed by atoms with Gasteiger partial charge in [0.05, 0.1) is 32.5 Å². The standard InChI is InChI=1S/C40H63N5O14.C26H45NO14/c1-4-5-6-7-8-11-23(2)38(55)45(16-14-42-31(49)22-57-39(56)27(41)18-25-19-44-28-13-10-9-12-26(25)28)17-15-43-37(54)32(50)24(3)36(29(48)20-46)59-40-35(53)34(52)33(51)30(21-47)58-40;1-4-5-6-7-8-9-13(2)25(38)39-12-15(14(3)30)27-24(37)21(35)20(34)23(16(31)10-28)41-26-22(36)19(33)18(32)17(11-29)40-26/h9-10,12-13,19,24,27,29-30,32-36,40,44,46-48,50-53H,2,4-8,11,14-18,20-22,41H2,1,3H3,(H,42,49)(H,43,54);15-23,26,28-29,31-36H,2,4-12H2,1,3H3,(H,27,37)/t24?,27-,29?,30?,32?,33+,34+,35?,36?,40+;15?,16?,17?,18-,19-,20?,21?,22?,23?,26-/m10/s1. The van der Waals surface area contributed by atoms with Gasteiger partial charge >= 0.3 is 11.9 Å². The van der Waals surface area contributed by atoms with Crippen LogP contribution in [-0.4, -0.2) is 310 Å². The maximum Gasteiger partial charge on any atom is 0.333 e. The van der Waals surface area contributed by atoms with Crippen LogP contribution in [0.2, 0.25) is 0 Å². The highest BCUT2D eigenvalue weighted by atomic mass is 16.7. The fourth-order valence-corrected chi connectivity index (χ4v) is 10.7. The first kappa shape index (κ1) is 88.1. The van der Waals surface area contributed by atoms with Gasteiger partial charge < -0.3 is 137 Å². The van der Waals surface area contributed by atoms with E-state index in [0.29, 0.717) is 18.4 Å². The smallest absolute Gasteiger partial charge is 0.333 e. The molecule has 1 aromatic carbocycles. The lowest BCUT2D eigenvalue weighted by atomic mass is 9.92. The van der Waals surface area contributed by atoms with Crippen molar-refractivity contribution in [1.29, 1.82) is 0 Å². The SMILES string of the molecule is C=C(CCCCCCC)C(=O)N(CCNC(=O)COC(=O)[C@H](N)Cc1c[nH]c2ccccc12)CCNC(=O)C(O)C(C)C(O[C@@H]1OC(CO)[C@H](O)[C@H](O)C1O)C(O)CO.C=C(CCCCCCC)C(=O)OCC(NC(=O)C(O)C(O)C(O[C@@H]1OC(CO)[C@H](O)[C@H](O)C1O)C(O)CO)C(C)=O. The Bertz CT molecular complexity index is 2830. The summed E-state index contributed by atoms with van der Waals surface area (Å²) in [6, 6.07) is 5.11. The maximum atomic E-state index is 13.5. The van der Waals surface area contributed by atoms with Gasteiger partial charge in [0.2, 0.25) is 11.8 Å². The van der Waals surface area contributed by atoms with Crippen molar-refractivity contribution >= 4 is 52.3 Å². The van der Waals surface area contributed by atoms with Crippen LogP contribution in [0.15, 0.2) is 54.8 Å². The number of H-pyrrole nitrogens is 1. The van der Waals surface area contributed by atoms with Crippen molar-refractivity contribution in [2.45, 2.75) is 227 Å². The predicted octanol–water partition coefficient (Wildman–Crippen LogP) is -5.13. The van der Waals surface area contributed by atoms with Gasteiger partial charge in [0.1, 0.15) is 98.0 Å². The predicted molar refractivity (Wildman–Crippen MR) is 353 cm³/mol. The number of aromatic amines is 1. The van der Waals surface area contributed by atoms with Crippen LogP contribution in [0.5, 0.6) is 0 Å². The Kier molecular flexibility index (Phi) is 40.4. The van der Waals surface area contributed by atoms with Crippen LogP contribution in [0.4, 0.5) is 0 Å².